The van der Waals surface area contributed by atoms with Crippen molar-refractivity contribution in [3.8, 4) is 11.1 Å². The molecule has 15 heavy (non-hydrogen) atoms. The molecule has 0 N–H and O–H groups in total. The van der Waals surface area contributed by atoms with Gasteiger partial charge in [0, 0.05) is 0 Å². The van der Waals surface area contributed by atoms with Crippen LogP contribution in [0.4, 0.5) is 0 Å². The topological polar surface area (TPSA) is 0 Å². The molecular weight excluding hydrogens is 180 g/mol. The monoisotopic (exact) mass is 195 g/mol. The molecule has 0 nitrogen and oxygen atoms in total. The SMILES string of the molecule is Cc1[c]c(-c2ccc(C)cc2)cc(C)c1. The highest BCUT2D eigenvalue weighted by atomic mass is 14.0. The summed E-state index contributed by atoms with van der Waals surface area (Å²) in [5.74, 6) is 0. The molecule has 1 radical (unpaired) electrons. The summed E-state index contributed by atoms with van der Waals surface area (Å²) in [7, 11) is 0. The largest absolute Gasteiger partial charge is 0.0587 e. The van der Waals surface area contributed by atoms with Gasteiger partial charge >= 0.3 is 0 Å². The van der Waals surface area contributed by atoms with Crippen LogP contribution >= 0.6 is 0 Å². The van der Waals surface area contributed by atoms with Gasteiger partial charge in [-0.15, -0.1) is 0 Å². The van der Waals surface area contributed by atoms with Crippen molar-refractivity contribution >= 4 is 0 Å². The third kappa shape index (κ3) is 2.27. The fraction of sp³-hybridized carbons (Fsp3) is 0.200. The van der Waals surface area contributed by atoms with Crippen molar-refractivity contribution < 1.29 is 0 Å². The molecule has 0 aliphatic heterocycles. The molecule has 0 unspecified atom stereocenters. The highest BCUT2D eigenvalue weighted by Crippen LogP contribution is 2.21. The van der Waals surface area contributed by atoms with E-state index in [2.05, 4.69) is 63.2 Å². The second-order valence-corrected chi connectivity index (χ2v) is 4.12. The van der Waals surface area contributed by atoms with Gasteiger partial charge in [0.1, 0.15) is 0 Å². The Morgan fingerprint density at radius 3 is 2.07 bits per heavy atom. The van der Waals surface area contributed by atoms with Crippen LogP contribution in [0.25, 0.3) is 11.1 Å². The van der Waals surface area contributed by atoms with Crippen molar-refractivity contribution in [3.63, 3.8) is 0 Å². The van der Waals surface area contributed by atoms with Crippen LogP contribution in [0.5, 0.6) is 0 Å². The summed E-state index contributed by atoms with van der Waals surface area (Å²) in [5.41, 5.74) is 6.22. The summed E-state index contributed by atoms with van der Waals surface area (Å²) >= 11 is 0. The quantitative estimate of drug-likeness (QED) is 0.643. The first-order valence-electron chi connectivity index (χ1n) is 5.23. The van der Waals surface area contributed by atoms with Crippen LogP contribution < -0.4 is 0 Å². The zero-order valence-electron chi connectivity index (χ0n) is 9.46. The van der Waals surface area contributed by atoms with Gasteiger partial charge in [0.05, 0.1) is 0 Å². The van der Waals surface area contributed by atoms with Crippen molar-refractivity contribution in [3.05, 3.63) is 59.2 Å². The molecule has 2 aromatic rings. The van der Waals surface area contributed by atoms with E-state index in [1.54, 1.807) is 0 Å². The highest BCUT2D eigenvalue weighted by molar-refractivity contribution is 5.64. The second-order valence-electron chi connectivity index (χ2n) is 4.12. The minimum atomic E-state index is 1.19. The minimum absolute atomic E-state index is 1.19. The van der Waals surface area contributed by atoms with Gasteiger partial charge in [-0.2, -0.15) is 0 Å². The summed E-state index contributed by atoms with van der Waals surface area (Å²) in [5, 5.41) is 0. The van der Waals surface area contributed by atoms with E-state index >= 15 is 0 Å². The summed E-state index contributed by atoms with van der Waals surface area (Å²) in [6.07, 6.45) is 0. The van der Waals surface area contributed by atoms with Gasteiger partial charge in [-0.1, -0.05) is 47.5 Å². The van der Waals surface area contributed by atoms with Crippen LogP contribution in [0.3, 0.4) is 0 Å². The molecule has 0 saturated heterocycles. The molecule has 2 rings (SSSR count). The fourth-order valence-electron chi connectivity index (χ4n) is 1.78. The lowest BCUT2D eigenvalue weighted by Crippen LogP contribution is -1.83. The van der Waals surface area contributed by atoms with E-state index in [9.17, 15) is 0 Å². The maximum atomic E-state index is 3.38. The predicted octanol–water partition coefficient (Wildman–Crippen LogP) is 4.08. The van der Waals surface area contributed by atoms with Crippen LogP contribution in [0.1, 0.15) is 16.7 Å². The standard InChI is InChI=1S/C15H15/c1-11-4-6-14(7-5-11)15-9-12(2)8-13(3)10-15/h4-9H,1-3H3. The Labute approximate surface area is 91.6 Å². The Kier molecular flexibility index (Phi) is 2.59. The van der Waals surface area contributed by atoms with E-state index in [0.717, 1.165) is 0 Å². The molecule has 2 aromatic carbocycles. The van der Waals surface area contributed by atoms with E-state index in [1.807, 2.05) is 0 Å². The lowest BCUT2D eigenvalue weighted by atomic mass is 10.00. The fourth-order valence-corrected chi connectivity index (χ4v) is 1.78. The number of hydrogen-bond donors (Lipinski definition) is 0. The van der Waals surface area contributed by atoms with E-state index in [1.165, 1.54) is 27.8 Å². The van der Waals surface area contributed by atoms with Gasteiger partial charge in [-0.3, -0.25) is 0 Å². The molecule has 0 bridgehead atoms. The van der Waals surface area contributed by atoms with Crippen molar-refractivity contribution in [1.82, 2.24) is 0 Å². The zero-order valence-corrected chi connectivity index (χ0v) is 9.46. The first kappa shape index (κ1) is 9.97. The number of benzene rings is 2. The van der Waals surface area contributed by atoms with Gasteiger partial charge in [0.25, 0.3) is 0 Å². The number of aryl methyl sites for hydroxylation is 3. The van der Waals surface area contributed by atoms with Crippen molar-refractivity contribution in [2.24, 2.45) is 0 Å². The average molecular weight is 195 g/mol. The summed E-state index contributed by atoms with van der Waals surface area (Å²) < 4.78 is 0. The van der Waals surface area contributed by atoms with E-state index in [4.69, 9.17) is 0 Å². The van der Waals surface area contributed by atoms with E-state index in [0.29, 0.717) is 0 Å². The Balaban J connectivity index is 2.49. The Morgan fingerprint density at radius 1 is 0.800 bits per heavy atom. The molecule has 0 spiro atoms. The minimum Gasteiger partial charge on any atom is -0.0587 e. The van der Waals surface area contributed by atoms with Gasteiger partial charge in [-0.25, -0.2) is 0 Å². The van der Waals surface area contributed by atoms with Crippen LogP contribution in [0.2, 0.25) is 0 Å². The zero-order chi connectivity index (χ0) is 10.8. The molecular formula is C15H15. The number of hydrogen-bond acceptors (Lipinski definition) is 0. The third-order valence-electron chi connectivity index (χ3n) is 2.51. The lowest BCUT2D eigenvalue weighted by Gasteiger charge is -2.04. The van der Waals surface area contributed by atoms with Gasteiger partial charge in [0.15, 0.2) is 0 Å². The Hall–Kier alpha value is -1.56. The molecule has 75 valence electrons. The van der Waals surface area contributed by atoms with Gasteiger partial charge in [0.2, 0.25) is 0 Å². The van der Waals surface area contributed by atoms with Crippen molar-refractivity contribution in [2.45, 2.75) is 20.8 Å². The van der Waals surface area contributed by atoms with Crippen LogP contribution in [0.15, 0.2) is 36.4 Å². The summed E-state index contributed by atoms with van der Waals surface area (Å²) in [6, 6.07) is 16.3. The smallest absolute Gasteiger partial charge is 0.00670 e. The highest BCUT2D eigenvalue weighted by Gasteiger charge is 1.99. The Morgan fingerprint density at radius 2 is 1.47 bits per heavy atom. The molecule has 0 atom stereocenters. The third-order valence-corrected chi connectivity index (χ3v) is 2.51. The molecule has 0 amide bonds. The molecule has 0 aliphatic carbocycles. The summed E-state index contributed by atoms with van der Waals surface area (Å²) in [4.78, 5) is 0. The Bertz CT molecular complexity index is 444. The number of rotatable bonds is 1. The first-order valence-corrected chi connectivity index (χ1v) is 5.23. The molecule has 0 saturated carbocycles. The lowest BCUT2D eigenvalue weighted by molar-refractivity contribution is 1.37. The van der Waals surface area contributed by atoms with Gasteiger partial charge in [-0.05, 0) is 43.5 Å². The molecule has 0 heterocycles. The first-order chi connectivity index (χ1) is 7.15. The predicted molar refractivity (Wildman–Crippen MR) is 64.9 cm³/mol. The van der Waals surface area contributed by atoms with Gasteiger partial charge < -0.3 is 0 Å². The second kappa shape index (κ2) is 3.90. The van der Waals surface area contributed by atoms with Crippen LogP contribution in [0, 0.1) is 26.8 Å². The van der Waals surface area contributed by atoms with Crippen LogP contribution in [-0.4, -0.2) is 0 Å². The maximum Gasteiger partial charge on any atom is -0.00670 e. The van der Waals surface area contributed by atoms with Crippen molar-refractivity contribution in [2.75, 3.05) is 0 Å². The molecule has 0 aromatic heterocycles. The molecule has 0 heteroatoms. The van der Waals surface area contributed by atoms with Crippen molar-refractivity contribution in [1.29, 1.82) is 0 Å². The van der Waals surface area contributed by atoms with E-state index in [-0.39, 0.29) is 0 Å². The summed E-state index contributed by atoms with van der Waals surface area (Å²) in [6.45, 7) is 6.32. The maximum absolute atomic E-state index is 3.38. The molecule has 0 fully saturated rings. The average Bonchev–Trinajstić information content (AvgIpc) is 2.17. The molecule has 0 aliphatic rings. The van der Waals surface area contributed by atoms with Crippen LogP contribution in [-0.2, 0) is 0 Å². The normalized spacial score (nSPS) is 10.3. The van der Waals surface area contributed by atoms with E-state index < -0.39 is 0 Å².